The van der Waals surface area contributed by atoms with Crippen LogP contribution >= 0.6 is 0 Å². The number of urea groups is 1. The lowest BCUT2D eigenvalue weighted by atomic mass is 10.2. The molecule has 1 heterocycles. The summed E-state index contributed by atoms with van der Waals surface area (Å²) in [5.41, 5.74) is 1.14. The molecule has 3 aromatic rings. The van der Waals surface area contributed by atoms with Crippen molar-refractivity contribution >= 4 is 22.8 Å². The van der Waals surface area contributed by atoms with Gasteiger partial charge in [0.15, 0.2) is 0 Å². The van der Waals surface area contributed by atoms with Gasteiger partial charge in [-0.25, -0.2) is 9.59 Å². The van der Waals surface area contributed by atoms with Crippen molar-refractivity contribution in [2.45, 2.75) is 19.5 Å². The number of aromatic nitrogens is 2. The summed E-state index contributed by atoms with van der Waals surface area (Å²) < 4.78 is 6.54. The zero-order valence-electron chi connectivity index (χ0n) is 15.1. The van der Waals surface area contributed by atoms with Gasteiger partial charge < -0.3 is 10.1 Å². The van der Waals surface area contributed by atoms with Crippen molar-refractivity contribution in [3.8, 4) is 0 Å². The van der Waals surface area contributed by atoms with Crippen LogP contribution in [-0.4, -0.2) is 29.3 Å². The summed E-state index contributed by atoms with van der Waals surface area (Å²) in [6, 6.07) is 16.5. The van der Waals surface area contributed by atoms with Gasteiger partial charge in [0.05, 0.1) is 5.52 Å². The Morgan fingerprint density at radius 3 is 2.63 bits per heavy atom. The minimum absolute atomic E-state index is 0.380. The molecule has 2 N–H and O–H groups in total. The number of hydrogen-bond acceptors (Lipinski definition) is 4. The third kappa shape index (κ3) is 4.71. The van der Waals surface area contributed by atoms with E-state index in [1.54, 1.807) is 13.2 Å². The number of ether oxygens (including phenoxy) is 1. The molecule has 0 radical (unpaired) electrons. The zero-order chi connectivity index (χ0) is 19.1. The number of carbonyl (C=O) groups excluding carboxylic acids is 1. The second-order valence-corrected chi connectivity index (χ2v) is 6.05. The molecule has 0 saturated carbocycles. The maximum atomic E-state index is 12.4. The number of amides is 2. The van der Waals surface area contributed by atoms with E-state index in [-0.39, 0.29) is 6.03 Å². The molecule has 140 valence electrons. The average Bonchev–Trinajstić information content (AvgIpc) is 2.69. The highest BCUT2D eigenvalue weighted by atomic mass is 16.5. The summed E-state index contributed by atoms with van der Waals surface area (Å²) in [6.07, 6.45) is 0.636. The number of benzene rings is 2. The molecule has 0 aliphatic carbocycles. The Morgan fingerprint density at radius 2 is 1.85 bits per heavy atom. The molecule has 7 heteroatoms. The Bertz CT molecular complexity index is 970. The smallest absolute Gasteiger partial charge is 0.349 e. The Hall–Kier alpha value is -3.19. The van der Waals surface area contributed by atoms with Gasteiger partial charge in [-0.2, -0.15) is 4.98 Å². The molecule has 0 unspecified atom stereocenters. The molecule has 27 heavy (non-hydrogen) atoms. The minimum atomic E-state index is -0.400. The largest absolute Gasteiger partial charge is 0.385 e. The Morgan fingerprint density at radius 1 is 1.11 bits per heavy atom. The molecule has 7 nitrogen and oxygen atoms in total. The normalized spacial score (nSPS) is 10.7. The van der Waals surface area contributed by atoms with E-state index >= 15 is 0 Å². The van der Waals surface area contributed by atoms with Crippen LogP contribution in [0, 0.1) is 0 Å². The standard InChI is InChI=1S/C20H22N4O3/c1-27-13-7-12-24-18(16-10-5-6-11-17(16)22-20(24)26)23-19(25)21-14-15-8-3-2-4-9-15/h2-6,8-11H,7,12-14H2,1H3,(H2,21,23,25). The first-order valence-electron chi connectivity index (χ1n) is 8.76. The third-order valence-electron chi connectivity index (χ3n) is 4.13. The quantitative estimate of drug-likeness (QED) is 0.630. The molecular formula is C20H22N4O3. The predicted molar refractivity (Wildman–Crippen MR) is 105 cm³/mol. The summed E-state index contributed by atoms with van der Waals surface area (Å²) in [7, 11) is 1.61. The summed E-state index contributed by atoms with van der Waals surface area (Å²) in [6.45, 7) is 1.31. The highest BCUT2D eigenvalue weighted by Gasteiger charge is 2.13. The van der Waals surface area contributed by atoms with E-state index in [0.717, 1.165) is 5.56 Å². The number of nitrogens with one attached hydrogen (secondary N) is 2. The van der Waals surface area contributed by atoms with Crippen molar-refractivity contribution in [1.29, 1.82) is 0 Å². The lowest BCUT2D eigenvalue weighted by Gasteiger charge is -2.16. The molecule has 2 amide bonds. The molecule has 0 spiro atoms. The van der Waals surface area contributed by atoms with Gasteiger partial charge in [0.2, 0.25) is 0 Å². The van der Waals surface area contributed by atoms with Gasteiger partial charge in [-0.15, -0.1) is 0 Å². The number of para-hydroxylation sites is 1. The fraction of sp³-hybridized carbons (Fsp3) is 0.250. The van der Waals surface area contributed by atoms with Crippen molar-refractivity contribution in [1.82, 2.24) is 14.9 Å². The molecule has 0 aliphatic rings. The molecule has 0 aliphatic heterocycles. The lowest BCUT2D eigenvalue weighted by molar-refractivity contribution is 0.190. The minimum Gasteiger partial charge on any atom is -0.385 e. The molecule has 0 saturated heterocycles. The first-order valence-corrected chi connectivity index (χ1v) is 8.76. The van der Waals surface area contributed by atoms with Gasteiger partial charge in [0.25, 0.3) is 0 Å². The molecule has 0 fully saturated rings. The van der Waals surface area contributed by atoms with Crippen LogP contribution in [0.4, 0.5) is 10.6 Å². The van der Waals surface area contributed by atoms with Crippen molar-refractivity contribution in [2.24, 2.45) is 0 Å². The number of fused-ring (bicyclic) bond motifs is 1. The fourth-order valence-electron chi connectivity index (χ4n) is 2.82. The van der Waals surface area contributed by atoms with Crippen LogP contribution < -0.4 is 16.3 Å². The van der Waals surface area contributed by atoms with Crippen LogP contribution in [0.15, 0.2) is 59.4 Å². The van der Waals surface area contributed by atoms with Crippen LogP contribution in [0.25, 0.3) is 10.9 Å². The van der Waals surface area contributed by atoms with Crippen molar-refractivity contribution in [2.75, 3.05) is 19.0 Å². The highest BCUT2D eigenvalue weighted by Crippen LogP contribution is 2.20. The lowest BCUT2D eigenvalue weighted by Crippen LogP contribution is -2.33. The third-order valence-corrected chi connectivity index (χ3v) is 4.13. The topological polar surface area (TPSA) is 85.2 Å². The highest BCUT2D eigenvalue weighted by molar-refractivity contribution is 5.98. The van der Waals surface area contributed by atoms with E-state index in [0.29, 0.717) is 42.8 Å². The Labute approximate surface area is 157 Å². The van der Waals surface area contributed by atoms with Crippen LogP contribution in [-0.2, 0) is 17.8 Å². The predicted octanol–water partition coefficient (Wildman–Crippen LogP) is 2.75. The van der Waals surface area contributed by atoms with E-state index < -0.39 is 5.69 Å². The van der Waals surface area contributed by atoms with Gasteiger partial charge in [0.1, 0.15) is 5.82 Å². The first kappa shape index (κ1) is 18.6. The van der Waals surface area contributed by atoms with Crippen LogP contribution in [0.3, 0.4) is 0 Å². The number of carbonyl (C=O) groups is 1. The fourth-order valence-corrected chi connectivity index (χ4v) is 2.82. The molecule has 0 atom stereocenters. The van der Waals surface area contributed by atoms with Crippen molar-refractivity contribution in [3.63, 3.8) is 0 Å². The molecule has 2 aromatic carbocycles. The second kappa shape index (κ2) is 8.95. The van der Waals surface area contributed by atoms with E-state index in [1.807, 2.05) is 48.5 Å². The number of anilines is 1. The maximum Gasteiger partial charge on any atom is 0.349 e. The molecule has 0 bridgehead atoms. The molecule has 1 aromatic heterocycles. The van der Waals surface area contributed by atoms with Crippen molar-refractivity contribution in [3.05, 3.63) is 70.6 Å². The number of hydrogen-bond donors (Lipinski definition) is 2. The molecule has 3 rings (SSSR count). The van der Waals surface area contributed by atoms with Gasteiger partial charge in [-0.05, 0) is 24.1 Å². The number of nitrogens with zero attached hydrogens (tertiary/aromatic N) is 2. The number of rotatable bonds is 7. The van der Waals surface area contributed by atoms with Gasteiger partial charge in [-0.3, -0.25) is 9.88 Å². The van der Waals surface area contributed by atoms with E-state index in [2.05, 4.69) is 15.6 Å². The summed E-state index contributed by atoms with van der Waals surface area (Å²) in [4.78, 5) is 29.0. The van der Waals surface area contributed by atoms with Crippen LogP contribution in [0.1, 0.15) is 12.0 Å². The second-order valence-electron chi connectivity index (χ2n) is 6.05. The maximum absolute atomic E-state index is 12.4. The Balaban J connectivity index is 1.85. The van der Waals surface area contributed by atoms with Crippen LogP contribution in [0.5, 0.6) is 0 Å². The van der Waals surface area contributed by atoms with Crippen molar-refractivity contribution < 1.29 is 9.53 Å². The van der Waals surface area contributed by atoms with E-state index in [9.17, 15) is 9.59 Å². The SMILES string of the molecule is COCCCn1c(NC(=O)NCc2ccccc2)c2ccccc2nc1=O. The average molecular weight is 366 g/mol. The van der Waals surface area contributed by atoms with Crippen LogP contribution in [0.2, 0.25) is 0 Å². The zero-order valence-corrected chi connectivity index (χ0v) is 15.1. The summed E-state index contributed by atoms with van der Waals surface area (Å²) in [5.74, 6) is 0.437. The monoisotopic (exact) mass is 366 g/mol. The van der Waals surface area contributed by atoms with E-state index in [1.165, 1.54) is 4.57 Å². The Kier molecular flexibility index (Phi) is 6.17. The van der Waals surface area contributed by atoms with Gasteiger partial charge in [0, 0.05) is 32.2 Å². The van der Waals surface area contributed by atoms with E-state index in [4.69, 9.17) is 4.74 Å². The van der Waals surface area contributed by atoms with Gasteiger partial charge >= 0.3 is 11.7 Å². The van der Waals surface area contributed by atoms with Gasteiger partial charge in [-0.1, -0.05) is 42.5 Å². The summed E-state index contributed by atoms with van der Waals surface area (Å²) in [5, 5.41) is 6.35. The first-order chi connectivity index (χ1) is 13.2. The summed E-state index contributed by atoms with van der Waals surface area (Å²) >= 11 is 0. The molecular weight excluding hydrogens is 344 g/mol. The number of methoxy groups -OCH3 is 1.